The molecule has 2 aliphatic heterocycles. The Morgan fingerprint density at radius 3 is 2.87 bits per heavy atom. The fraction of sp³-hybridized carbons (Fsp3) is 0.696. The van der Waals surface area contributed by atoms with Crippen LogP contribution in [0.2, 0.25) is 0 Å². The lowest BCUT2D eigenvalue weighted by Gasteiger charge is -2.43. The predicted molar refractivity (Wildman–Crippen MR) is 121 cm³/mol. The van der Waals surface area contributed by atoms with Crippen LogP contribution < -0.4 is 5.32 Å². The van der Waals surface area contributed by atoms with Crippen molar-refractivity contribution in [1.82, 2.24) is 5.32 Å². The summed E-state index contributed by atoms with van der Waals surface area (Å²) < 4.78 is 11.6. The third-order valence-electron chi connectivity index (χ3n) is 5.87. The Morgan fingerprint density at radius 2 is 2.23 bits per heavy atom. The molecule has 7 nitrogen and oxygen atoms in total. The maximum atomic E-state index is 12.0. The number of carbonyl (C=O) groups excluding carboxylic acids is 3. The normalized spacial score (nSPS) is 30.4. The Kier molecular flexibility index (Phi) is 10.4. The van der Waals surface area contributed by atoms with Gasteiger partial charge in [0.15, 0.2) is 5.79 Å². The highest BCUT2D eigenvalue weighted by Crippen LogP contribution is 2.36. The summed E-state index contributed by atoms with van der Waals surface area (Å²) in [7, 11) is 1.63. The van der Waals surface area contributed by atoms with Crippen LogP contribution in [0.15, 0.2) is 23.8 Å². The quantitative estimate of drug-likeness (QED) is 0.265. The summed E-state index contributed by atoms with van der Waals surface area (Å²) in [5.41, 5.74) is 0.915. The lowest BCUT2D eigenvalue weighted by molar-refractivity contribution is -0.284. The first-order valence-electron chi connectivity index (χ1n) is 10.9. The molecular formula is C23H35NO6S. The fourth-order valence-corrected chi connectivity index (χ4v) is 4.80. The highest BCUT2D eigenvalue weighted by molar-refractivity contribution is 8.14. The molecule has 2 N–H and O–H groups in total. The smallest absolute Gasteiger partial charge is 0.279 e. The van der Waals surface area contributed by atoms with Gasteiger partial charge in [-0.25, -0.2) is 0 Å². The first kappa shape index (κ1) is 25.8. The van der Waals surface area contributed by atoms with Gasteiger partial charge in [0.05, 0.1) is 18.2 Å². The number of ketones is 1. The second-order valence-corrected chi connectivity index (χ2v) is 9.55. The molecule has 31 heavy (non-hydrogen) atoms. The fourth-order valence-electron chi connectivity index (χ4n) is 3.91. The largest absolute Gasteiger partial charge is 0.381 e. The molecule has 174 valence electrons. The first-order valence-corrected chi connectivity index (χ1v) is 11.9. The number of ether oxygens (including phenoxy) is 2. The van der Waals surface area contributed by atoms with Crippen molar-refractivity contribution >= 4 is 29.1 Å². The van der Waals surface area contributed by atoms with Crippen LogP contribution in [0, 0.1) is 5.92 Å². The van der Waals surface area contributed by atoms with E-state index in [9.17, 15) is 19.5 Å². The summed E-state index contributed by atoms with van der Waals surface area (Å²) in [5, 5.41) is 13.7. The number of hydrogen-bond acceptors (Lipinski definition) is 7. The second kappa shape index (κ2) is 12.5. The van der Waals surface area contributed by atoms with E-state index in [1.54, 1.807) is 7.11 Å². The number of nitrogens with one attached hydrogen (secondary N) is 1. The van der Waals surface area contributed by atoms with Crippen molar-refractivity contribution in [2.75, 3.05) is 12.9 Å². The first-order chi connectivity index (χ1) is 14.8. The molecule has 0 aromatic carbocycles. The standard InChI is InChI=1S/C23H35NO6S/c1-16(5-4-6-18(26)9-7-17(2)11-12-25)8-10-19-13-20(29-3)14-23(28,30-19)21-15-31-22(27)24-21/h4-5,11-12,16,19-21,28H,6-10,13-15H2,1-3H3,(H,24,27)/b5-4-,17-11-/t16-,19-,20?,21?,23?/m1/s1. The number of carbonyl (C=O) groups is 3. The average Bonchev–Trinajstić information content (AvgIpc) is 3.18. The number of thioether (sulfide) groups is 1. The Morgan fingerprint density at radius 1 is 1.45 bits per heavy atom. The van der Waals surface area contributed by atoms with E-state index in [0.29, 0.717) is 37.9 Å². The molecular weight excluding hydrogens is 418 g/mol. The number of methoxy groups -OCH3 is 1. The average molecular weight is 454 g/mol. The molecule has 3 unspecified atom stereocenters. The summed E-state index contributed by atoms with van der Waals surface area (Å²) in [4.78, 5) is 33.9. The van der Waals surface area contributed by atoms with Gasteiger partial charge in [-0.15, -0.1) is 0 Å². The van der Waals surface area contributed by atoms with E-state index < -0.39 is 11.8 Å². The van der Waals surface area contributed by atoms with Crippen molar-refractivity contribution < 1.29 is 29.0 Å². The Hall–Kier alpha value is -1.48. The Bertz CT molecular complexity index is 694. The maximum absolute atomic E-state index is 12.0. The van der Waals surface area contributed by atoms with E-state index >= 15 is 0 Å². The van der Waals surface area contributed by atoms with E-state index in [1.165, 1.54) is 6.08 Å². The van der Waals surface area contributed by atoms with Gasteiger partial charge in [0.25, 0.3) is 5.24 Å². The molecule has 5 atom stereocenters. The molecule has 0 radical (unpaired) electrons. The number of Topliss-reactive ketones (excluding diaryl/α,β-unsaturated/α-hetero) is 1. The maximum Gasteiger partial charge on any atom is 0.279 e. The monoisotopic (exact) mass is 453 g/mol. The number of hydrogen-bond donors (Lipinski definition) is 2. The van der Waals surface area contributed by atoms with Crippen LogP contribution in [-0.2, 0) is 19.1 Å². The van der Waals surface area contributed by atoms with Crippen molar-refractivity contribution in [3.63, 3.8) is 0 Å². The van der Waals surface area contributed by atoms with Crippen molar-refractivity contribution in [2.24, 2.45) is 5.92 Å². The minimum absolute atomic E-state index is 0.119. The molecule has 0 aromatic heterocycles. The van der Waals surface area contributed by atoms with E-state index in [1.807, 2.05) is 19.1 Å². The zero-order chi connectivity index (χ0) is 22.9. The van der Waals surface area contributed by atoms with Crippen LogP contribution in [-0.4, -0.2) is 59.3 Å². The third-order valence-corrected chi connectivity index (χ3v) is 6.75. The molecule has 0 spiro atoms. The summed E-state index contributed by atoms with van der Waals surface area (Å²) in [6, 6.07) is -0.432. The van der Waals surface area contributed by atoms with Gasteiger partial charge in [-0.05, 0) is 38.2 Å². The van der Waals surface area contributed by atoms with Gasteiger partial charge in [-0.1, -0.05) is 36.4 Å². The molecule has 2 saturated heterocycles. The van der Waals surface area contributed by atoms with Crippen LogP contribution in [0.5, 0.6) is 0 Å². The van der Waals surface area contributed by atoms with Gasteiger partial charge in [0.2, 0.25) is 0 Å². The van der Waals surface area contributed by atoms with Gasteiger partial charge < -0.3 is 19.9 Å². The van der Waals surface area contributed by atoms with Crippen LogP contribution in [0.25, 0.3) is 0 Å². The molecule has 2 heterocycles. The van der Waals surface area contributed by atoms with Crippen LogP contribution in [0.1, 0.15) is 58.8 Å². The summed E-state index contributed by atoms with van der Waals surface area (Å²) in [6.07, 6.45) is 10.0. The third kappa shape index (κ3) is 8.52. The number of aliphatic hydroxyl groups is 1. The van der Waals surface area contributed by atoms with Gasteiger partial charge in [0, 0.05) is 38.5 Å². The van der Waals surface area contributed by atoms with Gasteiger partial charge in [0.1, 0.15) is 12.1 Å². The Balaban J connectivity index is 1.78. The lowest BCUT2D eigenvalue weighted by atomic mass is 9.90. The molecule has 0 saturated carbocycles. The molecule has 0 aliphatic carbocycles. The van der Waals surface area contributed by atoms with Crippen LogP contribution >= 0.6 is 11.8 Å². The summed E-state index contributed by atoms with van der Waals surface area (Å²) in [6.45, 7) is 3.94. The van der Waals surface area contributed by atoms with Crippen LogP contribution in [0.4, 0.5) is 4.79 Å². The van der Waals surface area contributed by atoms with E-state index in [2.05, 4.69) is 12.2 Å². The van der Waals surface area contributed by atoms with Crippen molar-refractivity contribution in [3.05, 3.63) is 23.8 Å². The topological polar surface area (TPSA) is 102 Å². The zero-order valence-electron chi connectivity index (χ0n) is 18.7. The number of rotatable bonds is 12. The number of amides is 1. The minimum atomic E-state index is -1.41. The highest BCUT2D eigenvalue weighted by atomic mass is 32.2. The minimum Gasteiger partial charge on any atom is -0.381 e. The van der Waals surface area contributed by atoms with Gasteiger partial charge in [-0.2, -0.15) is 0 Å². The van der Waals surface area contributed by atoms with Gasteiger partial charge >= 0.3 is 0 Å². The van der Waals surface area contributed by atoms with Gasteiger partial charge in [-0.3, -0.25) is 14.4 Å². The number of aldehydes is 1. The zero-order valence-corrected chi connectivity index (χ0v) is 19.5. The van der Waals surface area contributed by atoms with Crippen molar-refractivity contribution in [1.29, 1.82) is 0 Å². The predicted octanol–water partition coefficient (Wildman–Crippen LogP) is 3.55. The summed E-state index contributed by atoms with van der Waals surface area (Å²) in [5.74, 6) is -0.506. The van der Waals surface area contributed by atoms with Crippen molar-refractivity contribution in [3.8, 4) is 0 Å². The second-order valence-electron chi connectivity index (χ2n) is 8.55. The molecule has 0 aromatic rings. The van der Waals surface area contributed by atoms with Crippen LogP contribution in [0.3, 0.4) is 0 Å². The number of allylic oxidation sites excluding steroid dienone is 4. The highest BCUT2D eigenvalue weighted by Gasteiger charge is 2.48. The molecule has 8 heteroatoms. The Labute approximate surface area is 189 Å². The molecule has 2 aliphatic rings. The SMILES string of the molecule is COC1C[C@@H](CC[C@H](C)/C=C\CC(=O)CC/C(C)=C\C=O)OC(O)(C2CSC(=O)N2)C1. The molecule has 0 bridgehead atoms. The molecule has 2 rings (SSSR count). The molecule has 2 fully saturated rings. The van der Waals surface area contributed by atoms with Crippen molar-refractivity contribution in [2.45, 2.75) is 82.8 Å². The molecule has 1 amide bonds. The lowest BCUT2D eigenvalue weighted by Crippen LogP contribution is -2.58. The van der Waals surface area contributed by atoms with E-state index in [0.717, 1.165) is 36.5 Å². The summed E-state index contributed by atoms with van der Waals surface area (Å²) >= 11 is 1.16. The van der Waals surface area contributed by atoms with E-state index in [-0.39, 0.29) is 29.1 Å². The van der Waals surface area contributed by atoms with E-state index in [4.69, 9.17) is 9.47 Å².